The Kier molecular flexibility index (Phi) is 8.31. The number of hydrogen-bond acceptors (Lipinski definition) is 3. The standard InChI is InChI=1S/C21H33FO3/c1-4-7-18(23)16-13-19(24-6-3)21(20(14-16)25-12-5-2)15-8-10-17(22)11-9-15/h8,14,17,19-21H,4-7,9-13H2,1-3H3/t17-,19+,20-,21?/m0/s1. The summed E-state index contributed by atoms with van der Waals surface area (Å²) < 4.78 is 25.7. The predicted molar refractivity (Wildman–Crippen MR) is 98.4 cm³/mol. The molecule has 0 aromatic carbocycles. The van der Waals surface area contributed by atoms with E-state index >= 15 is 0 Å². The number of halogens is 1. The van der Waals surface area contributed by atoms with Gasteiger partial charge in [-0.25, -0.2) is 4.39 Å². The number of rotatable bonds is 9. The van der Waals surface area contributed by atoms with Gasteiger partial charge in [0.25, 0.3) is 0 Å². The maximum atomic E-state index is 13.6. The number of hydrogen-bond donors (Lipinski definition) is 0. The van der Waals surface area contributed by atoms with E-state index in [-0.39, 0.29) is 23.9 Å². The van der Waals surface area contributed by atoms with Crippen LogP contribution in [0.4, 0.5) is 4.39 Å². The van der Waals surface area contributed by atoms with Gasteiger partial charge in [0.1, 0.15) is 6.17 Å². The lowest BCUT2D eigenvalue weighted by atomic mass is 9.75. The predicted octanol–water partition coefficient (Wildman–Crippen LogP) is 4.95. The lowest BCUT2D eigenvalue weighted by Crippen LogP contribution is -2.41. The summed E-state index contributed by atoms with van der Waals surface area (Å²) in [4.78, 5) is 12.4. The van der Waals surface area contributed by atoms with E-state index in [1.807, 2.05) is 26.0 Å². The maximum absolute atomic E-state index is 13.6. The number of carbonyl (C=O) groups excluding carboxylic acids is 1. The molecular weight excluding hydrogens is 319 g/mol. The zero-order valence-electron chi connectivity index (χ0n) is 15.9. The molecule has 2 rings (SSSR count). The molecule has 0 N–H and O–H groups in total. The summed E-state index contributed by atoms with van der Waals surface area (Å²) in [5.74, 6) is 0.300. The highest BCUT2D eigenvalue weighted by Gasteiger charge is 2.38. The molecule has 142 valence electrons. The number of Topliss-reactive ketones (excluding diaryl/α,β-unsaturated/α-hetero) is 1. The van der Waals surface area contributed by atoms with Gasteiger partial charge in [-0.2, -0.15) is 0 Å². The zero-order valence-corrected chi connectivity index (χ0v) is 15.9. The molecule has 0 fully saturated rings. The molecular formula is C21H33FO3. The van der Waals surface area contributed by atoms with Crippen LogP contribution in [0.3, 0.4) is 0 Å². The Hall–Kier alpha value is -1.00. The molecule has 0 aromatic heterocycles. The molecule has 2 aliphatic rings. The molecule has 0 amide bonds. The third-order valence-corrected chi connectivity index (χ3v) is 5.08. The molecule has 0 aliphatic heterocycles. The molecule has 2 aliphatic carbocycles. The molecule has 4 atom stereocenters. The van der Waals surface area contributed by atoms with Gasteiger partial charge in [0.2, 0.25) is 0 Å². The Labute approximate surface area is 151 Å². The third kappa shape index (κ3) is 5.49. The smallest absolute Gasteiger partial charge is 0.158 e. The van der Waals surface area contributed by atoms with Gasteiger partial charge in [0.05, 0.1) is 12.2 Å². The quantitative estimate of drug-likeness (QED) is 0.551. The first-order valence-electron chi connectivity index (χ1n) is 9.90. The van der Waals surface area contributed by atoms with Gasteiger partial charge >= 0.3 is 0 Å². The molecule has 0 bridgehead atoms. The van der Waals surface area contributed by atoms with Gasteiger partial charge in [-0.3, -0.25) is 4.79 Å². The number of alkyl halides is 1. The lowest BCUT2D eigenvalue weighted by molar-refractivity contribution is -0.117. The van der Waals surface area contributed by atoms with E-state index in [4.69, 9.17) is 9.47 Å². The van der Waals surface area contributed by atoms with E-state index in [0.717, 1.165) is 24.8 Å². The largest absolute Gasteiger partial charge is 0.377 e. The Morgan fingerprint density at radius 1 is 1.24 bits per heavy atom. The van der Waals surface area contributed by atoms with Crippen molar-refractivity contribution in [3.63, 3.8) is 0 Å². The van der Waals surface area contributed by atoms with Crippen molar-refractivity contribution in [3.05, 3.63) is 23.3 Å². The fraction of sp³-hybridized carbons (Fsp3) is 0.762. The lowest BCUT2D eigenvalue weighted by Gasteiger charge is -2.39. The van der Waals surface area contributed by atoms with Crippen LogP contribution >= 0.6 is 0 Å². The fourth-order valence-electron chi connectivity index (χ4n) is 3.88. The van der Waals surface area contributed by atoms with Gasteiger partial charge in [-0.1, -0.05) is 25.5 Å². The van der Waals surface area contributed by atoms with Crippen molar-refractivity contribution < 1.29 is 18.7 Å². The molecule has 0 heterocycles. The molecule has 0 saturated carbocycles. The SMILES string of the molecule is CCCO[C@H]1C=C(C(=O)CCC)C[C@@H](OCC)C1C1=CC[C@H](F)CC1. The van der Waals surface area contributed by atoms with Crippen molar-refractivity contribution in [2.75, 3.05) is 13.2 Å². The van der Waals surface area contributed by atoms with Gasteiger partial charge in [-0.05, 0) is 50.7 Å². The van der Waals surface area contributed by atoms with Gasteiger partial charge in [0.15, 0.2) is 5.78 Å². The number of ketones is 1. The Morgan fingerprint density at radius 2 is 2.04 bits per heavy atom. The van der Waals surface area contributed by atoms with Crippen molar-refractivity contribution in [3.8, 4) is 0 Å². The van der Waals surface area contributed by atoms with Crippen LogP contribution in [0.5, 0.6) is 0 Å². The topological polar surface area (TPSA) is 35.5 Å². The van der Waals surface area contributed by atoms with Crippen LogP contribution in [0.25, 0.3) is 0 Å². The van der Waals surface area contributed by atoms with Crippen LogP contribution in [-0.2, 0) is 14.3 Å². The third-order valence-electron chi connectivity index (χ3n) is 5.08. The summed E-state index contributed by atoms with van der Waals surface area (Å²) in [5.41, 5.74) is 2.09. The van der Waals surface area contributed by atoms with E-state index < -0.39 is 6.17 Å². The van der Waals surface area contributed by atoms with Crippen molar-refractivity contribution >= 4 is 5.78 Å². The van der Waals surface area contributed by atoms with Gasteiger partial charge in [0, 0.05) is 32.0 Å². The highest BCUT2D eigenvalue weighted by atomic mass is 19.1. The van der Waals surface area contributed by atoms with Crippen LogP contribution < -0.4 is 0 Å². The molecule has 25 heavy (non-hydrogen) atoms. The van der Waals surface area contributed by atoms with E-state index in [2.05, 4.69) is 6.92 Å². The normalized spacial score (nSPS) is 29.9. The van der Waals surface area contributed by atoms with Crippen molar-refractivity contribution in [2.45, 2.75) is 84.1 Å². The van der Waals surface area contributed by atoms with Gasteiger partial charge in [-0.15, -0.1) is 0 Å². The number of ether oxygens (including phenoxy) is 2. The van der Waals surface area contributed by atoms with Crippen LogP contribution in [0.2, 0.25) is 0 Å². The summed E-state index contributed by atoms with van der Waals surface area (Å²) >= 11 is 0. The second kappa shape index (κ2) is 10.2. The summed E-state index contributed by atoms with van der Waals surface area (Å²) in [6, 6.07) is 0. The van der Waals surface area contributed by atoms with E-state index in [0.29, 0.717) is 38.9 Å². The van der Waals surface area contributed by atoms with E-state index in [1.165, 1.54) is 5.57 Å². The molecule has 0 aromatic rings. The summed E-state index contributed by atoms with van der Waals surface area (Å²) in [7, 11) is 0. The minimum absolute atomic E-state index is 0.0601. The minimum atomic E-state index is -0.731. The molecule has 0 radical (unpaired) electrons. The van der Waals surface area contributed by atoms with Crippen molar-refractivity contribution in [1.29, 1.82) is 0 Å². The molecule has 4 heteroatoms. The molecule has 3 nitrogen and oxygen atoms in total. The summed E-state index contributed by atoms with van der Waals surface area (Å²) in [6.07, 6.45) is 7.93. The highest BCUT2D eigenvalue weighted by Crippen LogP contribution is 2.38. The van der Waals surface area contributed by atoms with E-state index in [1.54, 1.807) is 0 Å². The maximum Gasteiger partial charge on any atom is 0.158 e. The Balaban J connectivity index is 2.29. The van der Waals surface area contributed by atoms with Crippen LogP contribution in [0.15, 0.2) is 23.3 Å². The first-order chi connectivity index (χ1) is 12.1. The van der Waals surface area contributed by atoms with E-state index in [9.17, 15) is 9.18 Å². The summed E-state index contributed by atoms with van der Waals surface area (Å²) in [6.45, 7) is 7.35. The molecule has 1 unspecified atom stereocenters. The zero-order chi connectivity index (χ0) is 18.2. The Morgan fingerprint density at radius 3 is 2.64 bits per heavy atom. The van der Waals surface area contributed by atoms with Crippen molar-refractivity contribution in [2.24, 2.45) is 5.92 Å². The average molecular weight is 352 g/mol. The molecule has 0 saturated heterocycles. The second-order valence-electron chi connectivity index (χ2n) is 7.07. The van der Waals surface area contributed by atoms with Crippen LogP contribution in [0.1, 0.15) is 65.7 Å². The fourth-order valence-corrected chi connectivity index (χ4v) is 3.88. The first-order valence-corrected chi connectivity index (χ1v) is 9.90. The minimum Gasteiger partial charge on any atom is -0.377 e. The number of allylic oxidation sites excluding steroid dienone is 1. The Bertz CT molecular complexity index is 497. The van der Waals surface area contributed by atoms with Crippen molar-refractivity contribution in [1.82, 2.24) is 0 Å². The highest BCUT2D eigenvalue weighted by molar-refractivity contribution is 5.95. The molecule has 0 spiro atoms. The van der Waals surface area contributed by atoms with Crippen LogP contribution in [-0.4, -0.2) is 37.4 Å². The second-order valence-corrected chi connectivity index (χ2v) is 7.07. The van der Waals surface area contributed by atoms with Gasteiger partial charge < -0.3 is 9.47 Å². The monoisotopic (exact) mass is 352 g/mol. The average Bonchev–Trinajstić information content (AvgIpc) is 2.61. The first kappa shape index (κ1) is 20.3. The number of carbonyl (C=O) groups is 1. The van der Waals surface area contributed by atoms with Crippen LogP contribution in [0, 0.1) is 5.92 Å². The summed E-state index contributed by atoms with van der Waals surface area (Å²) in [5, 5.41) is 0.